The van der Waals surface area contributed by atoms with E-state index in [0.717, 1.165) is 17.1 Å². The molecule has 9 aromatic carbocycles. The van der Waals surface area contributed by atoms with Gasteiger partial charge in [0, 0.05) is 33.1 Å². The minimum Gasteiger partial charge on any atom is -0.310 e. The highest BCUT2D eigenvalue weighted by Gasteiger charge is 2.38. The van der Waals surface area contributed by atoms with Crippen molar-refractivity contribution in [3.8, 4) is 22.3 Å². The molecule has 0 spiro atoms. The van der Waals surface area contributed by atoms with Crippen LogP contribution >= 0.6 is 0 Å². The average molecular weight is 705 g/mol. The lowest BCUT2D eigenvalue weighted by Crippen LogP contribution is -2.31. The Bertz CT molecular complexity index is 2830. The monoisotopic (exact) mass is 704 g/mol. The maximum atomic E-state index is 2.54. The Kier molecular flexibility index (Phi) is 7.85. The van der Waals surface area contributed by atoms with E-state index in [-0.39, 0.29) is 5.41 Å². The Morgan fingerprint density at radius 1 is 0.400 bits per heavy atom. The van der Waals surface area contributed by atoms with Gasteiger partial charge in [0.2, 0.25) is 0 Å². The maximum absolute atomic E-state index is 2.54. The summed E-state index contributed by atoms with van der Waals surface area (Å²) in [5.41, 5.74) is 14.2. The molecule has 0 aromatic heterocycles. The molecule has 0 saturated heterocycles. The minimum atomic E-state index is -0.188. The molecule has 1 aliphatic rings. The van der Waals surface area contributed by atoms with Crippen molar-refractivity contribution in [1.82, 2.24) is 0 Å². The van der Waals surface area contributed by atoms with Crippen molar-refractivity contribution in [2.45, 2.75) is 19.3 Å². The van der Waals surface area contributed by atoms with Crippen LogP contribution in [-0.4, -0.2) is 0 Å². The summed E-state index contributed by atoms with van der Waals surface area (Å²) in [7, 11) is 0. The molecule has 1 heterocycles. The van der Waals surface area contributed by atoms with E-state index in [1.54, 1.807) is 0 Å². The zero-order valence-corrected chi connectivity index (χ0v) is 31.0. The minimum absolute atomic E-state index is 0.188. The first-order valence-electron chi connectivity index (χ1n) is 19.1. The lowest BCUT2D eigenvalue weighted by atomic mass is 9.73. The second kappa shape index (κ2) is 13.2. The highest BCUT2D eigenvalue weighted by Crippen LogP contribution is 2.55. The number of hydrogen-bond donors (Lipinski definition) is 0. The van der Waals surface area contributed by atoms with Gasteiger partial charge in [-0.3, -0.25) is 0 Å². The quantitative estimate of drug-likeness (QED) is 0.170. The number of anilines is 6. The van der Waals surface area contributed by atoms with Gasteiger partial charge in [-0.25, -0.2) is 0 Å². The van der Waals surface area contributed by atoms with Gasteiger partial charge in [0.1, 0.15) is 0 Å². The van der Waals surface area contributed by atoms with Gasteiger partial charge in [-0.15, -0.1) is 0 Å². The van der Waals surface area contributed by atoms with Crippen LogP contribution < -0.4 is 9.80 Å². The number of benzene rings is 9. The van der Waals surface area contributed by atoms with E-state index in [0.29, 0.717) is 0 Å². The molecule has 0 bridgehead atoms. The Labute approximate surface area is 323 Å². The summed E-state index contributed by atoms with van der Waals surface area (Å²) in [6, 6.07) is 75.2. The second-order valence-electron chi connectivity index (χ2n) is 15.0. The van der Waals surface area contributed by atoms with Crippen LogP contribution in [0.5, 0.6) is 0 Å². The summed E-state index contributed by atoms with van der Waals surface area (Å²) in [5, 5.41) is 4.87. The first kappa shape index (κ1) is 32.7. The highest BCUT2D eigenvalue weighted by atomic mass is 15.2. The van der Waals surface area contributed by atoms with Crippen molar-refractivity contribution < 1.29 is 0 Å². The van der Waals surface area contributed by atoms with Crippen LogP contribution in [0.2, 0.25) is 0 Å². The molecule has 0 unspecified atom stereocenters. The molecule has 0 atom stereocenters. The Morgan fingerprint density at radius 3 is 1.76 bits per heavy atom. The standard InChI is InChI=1S/C53H40N2/c1-53(2)47-25-13-14-26-50(47)55(51-36-41(31-35-48(51)53)37-16-5-3-6-17-37)52-45-24-12-10-19-39(45)30-34-46(52)40-28-32-43(33-29-40)54(42-21-7-4-8-22-42)49-27-15-20-38-18-9-11-23-44(38)49/h3-36H,1-2H3. The largest absolute Gasteiger partial charge is 0.310 e. The normalized spacial score (nSPS) is 13.0. The molecule has 0 fully saturated rings. The second-order valence-corrected chi connectivity index (χ2v) is 15.0. The van der Waals surface area contributed by atoms with Gasteiger partial charge in [-0.1, -0.05) is 178 Å². The fraction of sp³-hybridized carbons (Fsp3) is 0.0566. The summed E-state index contributed by atoms with van der Waals surface area (Å²) in [6.07, 6.45) is 0. The van der Waals surface area contributed by atoms with E-state index in [4.69, 9.17) is 0 Å². The van der Waals surface area contributed by atoms with Crippen molar-refractivity contribution in [2.75, 3.05) is 9.80 Å². The molecule has 0 aliphatic carbocycles. The summed E-state index contributed by atoms with van der Waals surface area (Å²) in [4.78, 5) is 4.91. The van der Waals surface area contributed by atoms with Crippen molar-refractivity contribution in [3.63, 3.8) is 0 Å². The number of nitrogens with zero attached hydrogens (tertiary/aromatic N) is 2. The smallest absolute Gasteiger partial charge is 0.0618 e. The van der Waals surface area contributed by atoms with Gasteiger partial charge >= 0.3 is 0 Å². The van der Waals surface area contributed by atoms with E-state index >= 15 is 0 Å². The molecular weight excluding hydrogens is 665 g/mol. The van der Waals surface area contributed by atoms with Crippen LogP contribution in [0.4, 0.5) is 34.1 Å². The summed E-state index contributed by atoms with van der Waals surface area (Å²) in [6.45, 7) is 4.72. The molecule has 9 aromatic rings. The van der Waals surface area contributed by atoms with Crippen molar-refractivity contribution in [1.29, 1.82) is 0 Å². The lowest BCUT2D eigenvalue weighted by Gasteiger charge is -2.43. The van der Waals surface area contributed by atoms with Gasteiger partial charge in [-0.2, -0.15) is 0 Å². The summed E-state index contributed by atoms with van der Waals surface area (Å²) >= 11 is 0. The topological polar surface area (TPSA) is 6.48 Å². The molecule has 0 saturated carbocycles. The predicted molar refractivity (Wildman–Crippen MR) is 234 cm³/mol. The predicted octanol–water partition coefficient (Wildman–Crippen LogP) is 14.9. The van der Waals surface area contributed by atoms with Crippen molar-refractivity contribution in [2.24, 2.45) is 0 Å². The molecule has 2 heteroatoms. The molecule has 10 rings (SSSR count). The Hall–Kier alpha value is -6.90. The van der Waals surface area contributed by atoms with E-state index in [1.165, 1.54) is 72.0 Å². The molecule has 0 radical (unpaired) electrons. The fourth-order valence-corrected chi connectivity index (χ4v) is 8.69. The van der Waals surface area contributed by atoms with Crippen LogP contribution in [0.25, 0.3) is 43.8 Å². The first-order valence-corrected chi connectivity index (χ1v) is 19.1. The zero-order chi connectivity index (χ0) is 36.9. The van der Waals surface area contributed by atoms with E-state index < -0.39 is 0 Å². The third-order valence-electron chi connectivity index (χ3n) is 11.4. The van der Waals surface area contributed by atoms with E-state index in [2.05, 4.69) is 230 Å². The Balaban J connectivity index is 1.18. The van der Waals surface area contributed by atoms with Gasteiger partial charge in [0.15, 0.2) is 0 Å². The maximum Gasteiger partial charge on any atom is 0.0618 e. The molecule has 0 N–H and O–H groups in total. The third-order valence-corrected chi connectivity index (χ3v) is 11.4. The van der Waals surface area contributed by atoms with Crippen LogP contribution in [0.1, 0.15) is 25.0 Å². The molecule has 262 valence electrons. The molecule has 1 aliphatic heterocycles. The van der Waals surface area contributed by atoms with Crippen LogP contribution in [0.3, 0.4) is 0 Å². The number of hydrogen-bond acceptors (Lipinski definition) is 2. The fourth-order valence-electron chi connectivity index (χ4n) is 8.69. The lowest BCUT2D eigenvalue weighted by molar-refractivity contribution is 0.632. The van der Waals surface area contributed by atoms with Gasteiger partial charge in [-0.05, 0) is 81.1 Å². The molecule has 2 nitrogen and oxygen atoms in total. The van der Waals surface area contributed by atoms with Gasteiger partial charge < -0.3 is 9.80 Å². The average Bonchev–Trinajstić information content (AvgIpc) is 3.25. The van der Waals surface area contributed by atoms with Crippen LogP contribution in [0.15, 0.2) is 206 Å². The van der Waals surface area contributed by atoms with Crippen molar-refractivity contribution >= 4 is 55.7 Å². The number of para-hydroxylation sites is 2. The molecule has 0 amide bonds. The summed E-state index contributed by atoms with van der Waals surface area (Å²) in [5.74, 6) is 0. The number of rotatable bonds is 6. The van der Waals surface area contributed by atoms with Crippen LogP contribution in [-0.2, 0) is 5.41 Å². The van der Waals surface area contributed by atoms with Gasteiger partial charge in [0.25, 0.3) is 0 Å². The number of fused-ring (bicyclic) bond motifs is 4. The third kappa shape index (κ3) is 5.49. The summed E-state index contributed by atoms with van der Waals surface area (Å²) < 4.78 is 0. The van der Waals surface area contributed by atoms with Gasteiger partial charge in [0.05, 0.1) is 22.7 Å². The van der Waals surface area contributed by atoms with E-state index in [9.17, 15) is 0 Å². The Morgan fingerprint density at radius 2 is 0.982 bits per heavy atom. The van der Waals surface area contributed by atoms with Crippen molar-refractivity contribution in [3.05, 3.63) is 217 Å². The molecule has 55 heavy (non-hydrogen) atoms. The van der Waals surface area contributed by atoms with E-state index in [1.807, 2.05) is 0 Å². The SMILES string of the molecule is CC1(C)c2ccccc2N(c2c(-c3ccc(N(c4ccccc4)c4cccc5ccccc45)cc3)ccc3ccccc23)c2cc(-c3ccccc3)ccc21. The molecular formula is C53H40N2. The highest BCUT2D eigenvalue weighted by molar-refractivity contribution is 6.08. The van der Waals surface area contributed by atoms with Crippen LogP contribution in [0, 0.1) is 0 Å². The zero-order valence-electron chi connectivity index (χ0n) is 31.0. The first-order chi connectivity index (χ1) is 27.1.